The highest BCUT2D eigenvalue weighted by molar-refractivity contribution is 7.87. The Kier molecular flexibility index (Phi) is 5.92. The highest BCUT2D eigenvalue weighted by atomic mass is 32.2. The van der Waals surface area contributed by atoms with Gasteiger partial charge in [-0.15, -0.1) is 6.58 Å². The third-order valence-electron chi connectivity index (χ3n) is 3.13. The van der Waals surface area contributed by atoms with Gasteiger partial charge in [-0.3, -0.25) is 0 Å². The molecule has 1 atom stereocenters. The predicted octanol–water partition coefficient (Wildman–Crippen LogP) is 2.26. The molecule has 2 aromatic carbocycles. The molecule has 23 heavy (non-hydrogen) atoms. The summed E-state index contributed by atoms with van der Waals surface area (Å²) < 4.78 is 29.3. The molecular formula is C17H19NO4S. The SMILES string of the molecule is C=CCNC[C@@H](O)c1ccc(OS(=O)(=O)c2ccccc2)cc1. The summed E-state index contributed by atoms with van der Waals surface area (Å²) in [5, 5.41) is 13.0. The molecule has 0 saturated carbocycles. The van der Waals surface area contributed by atoms with Crippen LogP contribution >= 0.6 is 0 Å². The Bertz CT molecular complexity index is 727. The van der Waals surface area contributed by atoms with Gasteiger partial charge < -0.3 is 14.6 Å². The second kappa shape index (κ2) is 7.92. The maximum atomic E-state index is 12.1. The molecule has 0 saturated heterocycles. The lowest BCUT2D eigenvalue weighted by Crippen LogP contribution is -2.21. The molecule has 5 nitrogen and oxygen atoms in total. The summed E-state index contributed by atoms with van der Waals surface area (Å²) in [6.45, 7) is 4.57. The van der Waals surface area contributed by atoms with E-state index in [0.29, 0.717) is 18.7 Å². The van der Waals surface area contributed by atoms with E-state index in [1.54, 1.807) is 36.4 Å². The van der Waals surface area contributed by atoms with E-state index in [0.717, 1.165) is 0 Å². The number of aliphatic hydroxyl groups is 1. The Labute approximate surface area is 136 Å². The molecule has 0 aliphatic heterocycles. The van der Waals surface area contributed by atoms with Crippen LogP contribution in [0.4, 0.5) is 0 Å². The Morgan fingerprint density at radius 1 is 1.13 bits per heavy atom. The normalized spacial score (nSPS) is 12.6. The summed E-state index contributed by atoms with van der Waals surface area (Å²) in [4.78, 5) is 0.0951. The highest BCUT2D eigenvalue weighted by Crippen LogP contribution is 2.21. The van der Waals surface area contributed by atoms with Gasteiger partial charge in [0.2, 0.25) is 0 Å². The van der Waals surface area contributed by atoms with Gasteiger partial charge in [0.25, 0.3) is 0 Å². The zero-order valence-corrected chi connectivity index (χ0v) is 13.4. The topological polar surface area (TPSA) is 75.6 Å². The van der Waals surface area contributed by atoms with Crippen molar-refractivity contribution in [3.8, 4) is 5.75 Å². The second-order valence-electron chi connectivity index (χ2n) is 4.88. The van der Waals surface area contributed by atoms with Crippen molar-refractivity contribution in [3.63, 3.8) is 0 Å². The molecule has 0 spiro atoms. The van der Waals surface area contributed by atoms with E-state index in [-0.39, 0.29) is 10.6 Å². The molecular weight excluding hydrogens is 314 g/mol. The third-order valence-corrected chi connectivity index (χ3v) is 4.39. The van der Waals surface area contributed by atoms with E-state index >= 15 is 0 Å². The van der Waals surface area contributed by atoms with Crippen LogP contribution in [-0.4, -0.2) is 26.6 Å². The molecule has 2 N–H and O–H groups in total. The first-order valence-electron chi connectivity index (χ1n) is 7.12. The molecule has 2 rings (SSSR count). The molecule has 0 unspecified atom stereocenters. The van der Waals surface area contributed by atoms with Crippen LogP contribution in [0.2, 0.25) is 0 Å². The lowest BCUT2D eigenvalue weighted by molar-refractivity contribution is 0.176. The standard InChI is InChI=1S/C17H19NO4S/c1-2-12-18-13-17(19)14-8-10-15(11-9-14)22-23(20,21)16-6-4-3-5-7-16/h2-11,17-19H,1,12-13H2/t17-/m1/s1. The van der Waals surface area contributed by atoms with E-state index in [9.17, 15) is 13.5 Å². The molecule has 0 aromatic heterocycles. The summed E-state index contributed by atoms with van der Waals surface area (Å²) in [5.74, 6) is 0.198. The number of rotatable bonds is 8. The van der Waals surface area contributed by atoms with Crippen LogP contribution in [-0.2, 0) is 10.1 Å². The van der Waals surface area contributed by atoms with Gasteiger partial charge in [0.15, 0.2) is 0 Å². The van der Waals surface area contributed by atoms with Gasteiger partial charge >= 0.3 is 10.1 Å². The van der Waals surface area contributed by atoms with Gasteiger partial charge in [0.05, 0.1) is 6.10 Å². The first-order valence-corrected chi connectivity index (χ1v) is 8.53. The van der Waals surface area contributed by atoms with Crippen LogP contribution in [0.25, 0.3) is 0 Å². The predicted molar refractivity (Wildman–Crippen MR) is 88.7 cm³/mol. The van der Waals surface area contributed by atoms with Crippen molar-refractivity contribution < 1.29 is 17.7 Å². The Hall–Kier alpha value is -2.15. The van der Waals surface area contributed by atoms with Gasteiger partial charge in [-0.25, -0.2) is 0 Å². The van der Waals surface area contributed by atoms with Crippen LogP contribution in [0.15, 0.2) is 72.1 Å². The largest absolute Gasteiger partial charge is 0.387 e. The maximum absolute atomic E-state index is 12.1. The number of nitrogens with one attached hydrogen (secondary N) is 1. The molecule has 0 bridgehead atoms. The fraction of sp³-hybridized carbons (Fsp3) is 0.176. The molecule has 122 valence electrons. The molecule has 2 aromatic rings. The van der Waals surface area contributed by atoms with E-state index in [1.165, 1.54) is 24.3 Å². The first-order chi connectivity index (χ1) is 11.0. The molecule has 0 heterocycles. The van der Waals surface area contributed by atoms with Crippen molar-refractivity contribution in [1.82, 2.24) is 5.32 Å². The van der Waals surface area contributed by atoms with Crippen LogP contribution in [0.5, 0.6) is 5.75 Å². The van der Waals surface area contributed by atoms with E-state index in [1.807, 2.05) is 0 Å². The lowest BCUT2D eigenvalue weighted by atomic mass is 10.1. The van der Waals surface area contributed by atoms with Crippen molar-refractivity contribution in [2.24, 2.45) is 0 Å². The quantitative estimate of drug-likeness (QED) is 0.440. The van der Waals surface area contributed by atoms with Gasteiger partial charge in [-0.2, -0.15) is 8.42 Å². The van der Waals surface area contributed by atoms with Crippen LogP contribution < -0.4 is 9.50 Å². The van der Waals surface area contributed by atoms with E-state index in [4.69, 9.17) is 4.18 Å². The smallest absolute Gasteiger partial charge is 0.339 e. The van der Waals surface area contributed by atoms with Gasteiger partial charge in [-0.1, -0.05) is 36.4 Å². The lowest BCUT2D eigenvalue weighted by Gasteiger charge is -2.12. The van der Waals surface area contributed by atoms with Gasteiger partial charge in [0.1, 0.15) is 10.6 Å². The average molecular weight is 333 g/mol. The van der Waals surface area contributed by atoms with Crippen molar-refractivity contribution in [2.75, 3.05) is 13.1 Å². The minimum absolute atomic E-state index is 0.0951. The zero-order valence-electron chi connectivity index (χ0n) is 12.6. The monoisotopic (exact) mass is 333 g/mol. The van der Waals surface area contributed by atoms with Crippen LogP contribution in [0, 0.1) is 0 Å². The summed E-state index contributed by atoms with van der Waals surface area (Å²) in [6.07, 6.45) is 1.02. The highest BCUT2D eigenvalue weighted by Gasteiger charge is 2.16. The number of hydrogen-bond donors (Lipinski definition) is 2. The van der Waals surface area contributed by atoms with Crippen LogP contribution in [0.3, 0.4) is 0 Å². The summed E-state index contributed by atoms with van der Waals surface area (Å²) >= 11 is 0. The number of hydrogen-bond acceptors (Lipinski definition) is 5. The van der Waals surface area contributed by atoms with E-state index in [2.05, 4.69) is 11.9 Å². The fourth-order valence-corrected chi connectivity index (χ4v) is 2.90. The molecule has 0 amide bonds. The van der Waals surface area contributed by atoms with Crippen molar-refractivity contribution in [2.45, 2.75) is 11.0 Å². The molecule has 0 aliphatic carbocycles. The fourth-order valence-electron chi connectivity index (χ4n) is 1.95. The molecule has 0 aliphatic rings. The van der Waals surface area contributed by atoms with Crippen LogP contribution in [0.1, 0.15) is 11.7 Å². The van der Waals surface area contributed by atoms with Gasteiger partial charge in [0, 0.05) is 13.1 Å². The minimum atomic E-state index is -3.85. The van der Waals surface area contributed by atoms with Crippen molar-refractivity contribution >= 4 is 10.1 Å². The number of benzene rings is 2. The maximum Gasteiger partial charge on any atom is 0.339 e. The van der Waals surface area contributed by atoms with Gasteiger partial charge in [-0.05, 0) is 29.8 Å². The Morgan fingerprint density at radius 3 is 2.39 bits per heavy atom. The Balaban J connectivity index is 2.04. The van der Waals surface area contributed by atoms with Crippen molar-refractivity contribution in [3.05, 3.63) is 72.8 Å². The Morgan fingerprint density at radius 2 is 1.78 bits per heavy atom. The summed E-state index contributed by atoms with van der Waals surface area (Å²) in [6, 6.07) is 14.2. The summed E-state index contributed by atoms with van der Waals surface area (Å²) in [5.41, 5.74) is 0.672. The molecule has 0 fully saturated rings. The summed E-state index contributed by atoms with van der Waals surface area (Å²) in [7, 11) is -3.85. The number of aliphatic hydroxyl groups excluding tert-OH is 1. The second-order valence-corrected chi connectivity index (χ2v) is 6.43. The minimum Gasteiger partial charge on any atom is -0.387 e. The third kappa shape index (κ3) is 4.92. The van der Waals surface area contributed by atoms with Crippen molar-refractivity contribution in [1.29, 1.82) is 0 Å². The van der Waals surface area contributed by atoms with E-state index < -0.39 is 16.2 Å². The molecule has 0 radical (unpaired) electrons. The molecule has 6 heteroatoms. The first kappa shape index (κ1) is 17.2. The zero-order chi connectivity index (χ0) is 16.7. The average Bonchev–Trinajstić information content (AvgIpc) is 2.56.